The highest BCUT2D eigenvalue weighted by molar-refractivity contribution is 5.70. The van der Waals surface area contributed by atoms with Crippen molar-refractivity contribution >= 4 is 17.7 Å². The fraction of sp³-hybridized carbons (Fsp3) is 0.600. The lowest BCUT2D eigenvalue weighted by Crippen LogP contribution is -2.50. The largest absolute Gasteiger partial charge is 0.469 e. The molecule has 0 aliphatic carbocycles. The minimum Gasteiger partial charge on any atom is -0.469 e. The van der Waals surface area contributed by atoms with Gasteiger partial charge in [0, 0.05) is 50.8 Å². The molecule has 1 saturated heterocycles. The number of ether oxygens (including phenoxy) is 2. The van der Waals surface area contributed by atoms with E-state index in [1.165, 1.54) is 19.2 Å². The fourth-order valence-electron chi connectivity index (χ4n) is 3.22. The number of hydrogen-bond acceptors (Lipinski definition) is 7. The first-order valence-electron chi connectivity index (χ1n) is 9.60. The second-order valence-electron chi connectivity index (χ2n) is 8.10. The second kappa shape index (κ2) is 9.69. The minimum absolute atomic E-state index is 0.00730. The summed E-state index contributed by atoms with van der Waals surface area (Å²) >= 11 is 0. The summed E-state index contributed by atoms with van der Waals surface area (Å²) in [4.78, 5) is 38.6. The van der Waals surface area contributed by atoms with Crippen molar-refractivity contribution in [1.82, 2.24) is 9.80 Å². The first-order valence-corrected chi connectivity index (χ1v) is 9.60. The minimum atomic E-state index is -0.540. The quantitative estimate of drug-likeness (QED) is 0.406. The molecule has 1 heterocycles. The number of hydrogen-bond donors (Lipinski definition) is 0. The number of amides is 1. The van der Waals surface area contributed by atoms with Gasteiger partial charge >= 0.3 is 12.1 Å². The molecule has 0 radical (unpaired) electrons. The number of nitro groups is 1. The first kappa shape index (κ1) is 22.6. The average Bonchev–Trinajstić information content (AvgIpc) is 2.66. The molecule has 1 aliphatic heterocycles. The molecule has 0 aromatic heterocycles. The summed E-state index contributed by atoms with van der Waals surface area (Å²) in [7, 11) is 1.33. The van der Waals surface area contributed by atoms with Gasteiger partial charge in [-0.2, -0.15) is 0 Å². The maximum Gasteiger partial charge on any atom is 0.410 e. The van der Waals surface area contributed by atoms with Crippen molar-refractivity contribution in [3.8, 4) is 0 Å². The zero-order valence-electron chi connectivity index (χ0n) is 17.4. The molecule has 0 unspecified atom stereocenters. The Kier molecular flexibility index (Phi) is 7.55. The number of nitro benzene ring substituents is 1. The van der Waals surface area contributed by atoms with Gasteiger partial charge in [-0.15, -0.1) is 0 Å². The smallest absolute Gasteiger partial charge is 0.410 e. The molecule has 1 aromatic rings. The van der Waals surface area contributed by atoms with Crippen LogP contribution in [0.5, 0.6) is 0 Å². The number of nitrogens with zero attached hydrogens (tertiary/aromatic N) is 3. The van der Waals surface area contributed by atoms with Gasteiger partial charge < -0.3 is 14.4 Å². The van der Waals surface area contributed by atoms with E-state index in [4.69, 9.17) is 9.47 Å². The molecule has 1 aliphatic rings. The first-order chi connectivity index (χ1) is 13.6. The van der Waals surface area contributed by atoms with Crippen molar-refractivity contribution in [3.05, 3.63) is 39.9 Å². The van der Waals surface area contributed by atoms with E-state index in [2.05, 4.69) is 4.90 Å². The van der Waals surface area contributed by atoms with E-state index in [1.807, 2.05) is 20.8 Å². The van der Waals surface area contributed by atoms with Crippen LogP contribution in [0, 0.1) is 10.1 Å². The highest BCUT2D eigenvalue weighted by atomic mass is 16.6. The van der Waals surface area contributed by atoms with Crippen LogP contribution < -0.4 is 0 Å². The third-order valence-electron chi connectivity index (χ3n) is 4.70. The molecule has 1 aromatic carbocycles. The molecular weight excluding hydrogens is 378 g/mol. The van der Waals surface area contributed by atoms with Gasteiger partial charge in [0.25, 0.3) is 5.69 Å². The molecule has 160 valence electrons. The Balaban J connectivity index is 2.03. The molecule has 1 atom stereocenters. The van der Waals surface area contributed by atoms with E-state index in [0.717, 1.165) is 5.56 Å². The van der Waals surface area contributed by atoms with Gasteiger partial charge in [-0.3, -0.25) is 19.8 Å². The number of non-ortho nitro benzene ring substituents is 1. The van der Waals surface area contributed by atoms with Crippen molar-refractivity contribution in [1.29, 1.82) is 0 Å². The van der Waals surface area contributed by atoms with Crippen LogP contribution in [0.3, 0.4) is 0 Å². The Morgan fingerprint density at radius 1 is 1.21 bits per heavy atom. The van der Waals surface area contributed by atoms with E-state index < -0.39 is 10.5 Å². The third kappa shape index (κ3) is 7.01. The Morgan fingerprint density at radius 2 is 1.86 bits per heavy atom. The predicted molar refractivity (Wildman–Crippen MR) is 107 cm³/mol. The average molecular weight is 407 g/mol. The van der Waals surface area contributed by atoms with Crippen LogP contribution in [0.15, 0.2) is 24.3 Å². The van der Waals surface area contributed by atoms with Crippen molar-refractivity contribution in [2.75, 3.05) is 39.8 Å². The van der Waals surface area contributed by atoms with Gasteiger partial charge in [-0.25, -0.2) is 4.79 Å². The Morgan fingerprint density at radius 3 is 2.41 bits per heavy atom. The summed E-state index contributed by atoms with van der Waals surface area (Å²) in [5, 5.41) is 11.1. The summed E-state index contributed by atoms with van der Waals surface area (Å²) in [5.74, 6) is -0.607. The van der Waals surface area contributed by atoms with E-state index in [1.54, 1.807) is 17.0 Å². The SMILES string of the molecule is COC(=O)C[C@H](CN1CCN(C(=O)OC(C)(C)C)CC1)c1cccc([N+](=O)[O-])c1. The lowest BCUT2D eigenvalue weighted by Gasteiger charge is -2.37. The van der Waals surface area contributed by atoms with Crippen molar-refractivity contribution in [2.45, 2.75) is 38.7 Å². The van der Waals surface area contributed by atoms with E-state index in [0.29, 0.717) is 32.7 Å². The zero-order valence-corrected chi connectivity index (χ0v) is 17.4. The summed E-state index contributed by atoms with van der Waals surface area (Å²) in [6.45, 7) is 8.34. The van der Waals surface area contributed by atoms with Crippen LogP contribution in [-0.2, 0) is 14.3 Å². The van der Waals surface area contributed by atoms with Gasteiger partial charge in [-0.1, -0.05) is 12.1 Å². The van der Waals surface area contributed by atoms with E-state index in [-0.39, 0.29) is 30.1 Å². The highest BCUT2D eigenvalue weighted by Crippen LogP contribution is 2.26. The monoisotopic (exact) mass is 407 g/mol. The molecule has 0 spiro atoms. The Labute approximate surface area is 170 Å². The molecule has 9 nitrogen and oxygen atoms in total. The van der Waals surface area contributed by atoms with Gasteiger partial charge in [0.15, 0.2) is 0 Å². The van der Waals surface area contributed by atoms with Gasteiger partial charge in [-0.05, 0) is 26.3 Å². The van der Waals surface area contributed by atoms with Crippen LogP contribution in [0.2, 0.25) is 0 Å². The summed E-state index contributed by atoms with van der Waals surface area (Å²) in [5.41, 5.74) is 0.174. The van der Waals surface area contributed by atoms with E-state index >= 15 is 0 Å². The van der Waals surface area contributed by atoms with Gasteiger partial charge in [0.05, 0.1) is 18.5 Å². The second-order valence-corrected chi connectivity index (χ2v) is 8.10. The Hall–Kier alpha value is -2.68. The number of carbonyl (C=O) groups excluding carboxylic acids is 2. The maximum atomic E-state index is 12.2. The van der Waals surface area contributed by atoms with E-state index in [9.17, 15) is 19.7 Å². The summed E-state index contributed by atoms with van der Waals surface area (Å²) < 4.78 is 10.2. The molecule has 0 saturated carbocycles. The molecule has 2 rings (SSSR count). The van der Waals surface area contributed by atoms with Crippen molar-refractivity contribution in [3.63, 3.8) is 0 Å². The molecule has 1 amide bonds. The predicted octanol–water partition coefficient (Wildman–Crippen LogP) is 2.79. The number of esters is 1. The van der Waals surface area contributed by atoms with Crippen LogP contribution in [0.1, 0.15) is 38.7 Å². The normalized spacial score (nSPS) is 16.2. The number of benzene rings is 1. The molecule has 1 fully saturated rings. The number of methoxy groups -OCH3 is 1. The highest BCUT2D eigenvalue weighted by Gasteiger charge is 2.28. The number of carbonyl (C=O) groups is 2. The van der Waals surface area contributed by atoms with Gasteiger partial charge in [0.2, 0.25) is 0 Å². The molecule has 0 bridgehead atoms. The summed E-state index contributed by atoms with van der Waals surface area (Å²) in [6, 6.07) is 6.35. The molecule has 29 heavy (non-hydrogen) atoms. The lowest BCUT2D eigenvalue weighted by molar-refractivity contribution is -0.384. The van der Waals surface area contributed by atoms with Crippen molar-refractivity contribution < 1.29 is 24.0 Å². The number of piperazine rings is 1. The summed E-state index contributed by atoms with van der Waals surface area (Å²) in [6.07, 6.45) is -0.203. The van der Waals surface area contributed by atoms with Crippen LogP contribution in [0.25, 0.3) is 0 Å². The van der Waals surface area contributed by atoms with Crippen LogP contribution in [0.4, 0.5) is 10.5 Å². The molecular formula is C20H29N3O6. The fourth-order valence-corrected chi connectivity index (χ4v) is 3.22. The topological polar surface area (TPSA) is 102 Å². The van der Waals surface area contributed by atoms with Crippen molar-refractivity contribution in [2.24, 2.45) is 0 Å². The standard InChI is InChI=1S/C20H29N3O6/c1-20(2,3)29-19(25)22-10-8-21(9-11-22)14-16(13-18(24)28-4)15-6-5-7-17(12-15)23(26)27/h5-7,12,16H,8-11,13-14H2,1-4H3/t16-/m1/s1. The lowest BCUT2D eigenvalue weighted by atomic mass is 9.94. The Bertz CT molecular complexity index is 738. The molecule has 9 heteroatoms. The third-order valence-corrected chi connectivity index (χ3v) is 4.70. The number of rotatable bonds is 6. The van der Waals surface area contributed by atoms with Crippen LogP contribution >= 0.6 is 0 Å². The van der Waals surface area contributed by atoms with Gasteiger partial charge in [0.1, 0.15) is 5.60 Å². The van der Waals surface area contributed by atoms with Crippen LogP contribution in [-0.4, -0.2) is 72.2 Å². The maximum absolute atomic E-state index is 12.2. The zero-order chi connectivity index (χ0) is 21.6. The molecule has 0 N–H and O–H groups in total.